The lowest BCUT2D eigenvalue weighted by Gasteiger charge is -2.27. The van der Waals surface area contributed by atoms with Gasteiger partial charge in [-0.25, -0.2) is 0 Å². The van der Waals surface area contributed by atoms with Crippen LogP contribution in [0.5, 0.6) is 0 Å². The van der Waals surface area contributed by atoms with E-state index in [4.69, 9.17) is 0 Å². The molecule has 0 bridgehead atoms. The highest BCUT2D eigenvalue weighted by Crippen LogP contribution is 2.19. The summed E-state index contributed by atoms with van der Waals surface area (Å²) in [7, 11) is 0. The zero-order chi connectivity index (χ0) is 48.1. The smallest absolute Gasteiger partial charge is 0.249 e. The molecular weight excluding hydrogens is 815 g/mol. The Hall–Kier alpha value is -0.950. The van der Waals surface area contributed by atoms with Crippen molar-refractivity contribution in [3.63, 3.8) is 0 Å². The minimum Gasteiger partial charge on any atom is -0.394 e. The monoisotopic (exact) mass is 934 g/mol. The average molecular weight is 935 g/mol. The minimum absolute atomic E-state index is 0.374. The minimum atomic E-state index is -1.26. The Morgan fingerprint density at radius 3 is 0.879 bits per heavy atom. The Balaban J connectivity index is 3.55. The first-order valence-electron chi connectivity index (χ1n) is 30.1. The molecule has 0 aliphatic rings. The normalized spacial score (nSPS) is 13.7. The number of rotatable bonds is 56. The summed E-state index contributed by atoms with van der Waals surface area (Å²) < 4.78 is 0. The number of amides is 1. The van der Waals surface area contributed by atoms with Gasteiger partial charge in [-0.3, -0.25) is 4.79 Å². The molecule has 0 aromatic heterocycles. The second kappa shape index (κ2) is 55.0. The summed E-state index contributed by atoms with van der Waals surface area (Å²) in [6.45, 7) is 4.10. The van der Waals surface area contributed by atoms with Gasteiger partial charge in [0.15, 0.2) is 0 Å². The van der Waals surface area contributed by atoms with Gasteiger partial charge >= 0.3 is 0 Å². The SMILES string of the molecule is CCCCCCCCCCCCCC/C=C\CCCCCCCCCCCCCCCCCCC(O)C(=O)NC(CO)C(O)C(O)CCCCCCCCCCCCCCCCCCCC. The molecule has 0 aromatic carbocycles. The third-order valence-corrected chi connectivity index (χ3v) is 14.5. The van der Waals surface area contributed by atoms with E-state index in [1.807, 2.05) is 0 Å². The maximum absolute atomic E-state index is 12.6. The Bertz CT molecular complexity index is 959. The fraction of sp³-hybridized carbons (Fsp3) is 0.950. The molecule has 0 saturated carbocycles. The lowest BCUT2D eigenvalue weighted by Crippen LogP contribution is -2.53. The van der Waals surface area contributed by atoms with Crippen LogP contribution in [0.2, 0.25) is 0 Å². The van der Waals surface area contributed by atoms with Crippen LogP contribution in [0.3, 0.4) is 0 Å². The molecule has 0 aliphatic carbocycles. The maximum Gasteiger partial charge on any atom is 0.249 e. The van der Waals surface area contributed by atoms with E-state index < -0.39 is 36.9 Å². The van der Waals surface area contributed by atoms with Crippen molar-refractivity contribution in [2.45, 2.75) is 359 Å². The van der Waals surface area contributed by atoms with Gasteiger partial charge in [0.05, 0.1) is 18.8 Å². The molecular formula is C60H119NO5. The molecule has 0 spiro atoms. The topological polar surface area (TPSA) is 110 Å². The number of aliphatic hydroxyl groups excluding tert-OH is 4. The lowest BCUT2D eigenvalue weighted by atomic mass is 9.99. The fourth-order valence-corrected chi connectivity index (χ4v) is 9.76. The van der Waals surface area contributed by atoms with E-state index in [1.54, 1.807) is 0 Å². The molecule has 6 heteroatoms. The van der Waals surface area contributed by atoms with Gasteiger partial charge in [-0.15, -0.1) is 0 Å². The van der Waals surface area contributed by atoms with E-state index in [0.717, 1.165) is 38.5 Å². The van der Waals surface area contributed by atoms with Crippen LogP contribution in [0.4, 0.5) is 0 Å². The van der Waals surface area contributed by atoms with Crippen LogP contribution in [0, 0.1) is 0 Å². The molecule has 6 nitrogen and oxygen atoms in total. The number of carbonyl (C=O) groups excluding carboxylic acids is 1. The number of unbranched alkanes of at least 4 members (excludes halogenated alkanes) is 45. The molecule has 5 N–H and O–H groups in total. The Morgan fingerprint density at radius 1 is 0.364 bits per heavy atom. The Morgan fingerprint density at radius 2 is 0.606 bits per heavy atom. The maximum atomic E-state index is 12.6. The number of hydrogen-bond acceptors (Lipinski definition) is 5. The van der Waals surface area contributed by atoms with Crippen molar-refractivity contribution in [1.29, 1.82) is 0 Å². The summed E-state index contributed by atoms with van der Waals surface area (Å²) in [5, 5.41) is 44.0. The van der Waals surface area contributed by atoms with Crippen LogP contribution < -0.4 is 5.32 Å². The molecule has 0 heterocycles. The number of carbonyl (C=O) groups is 1. The molecule has 1 amide bonds. The summed E-state index contributed by atoms with van der Waals surface area (Å²) in [5.74, 6) is -0.577. The van der Waals surface area contributed by atoms with Crippen molar-refractivity contribution in [3.8, 4) is 0 Å². The summed E-state index contributed by atoms with van der Waals surface area (Å²) in [6, 6.07) is -0.982. The van der Waals surface area contributed by atoms with E-state index in [2.05, 4.69) is 31.3 Å². The molecule has 394 valence electrons. The van der Waals surface area contributed by atoms with E-state index in [-0.39, 0.29) is 0 Å². The average Bonchev–Trinajstić information content (AvgIpc) is 3.32. The van der Waals surface area contributed by atoms with Gasteiger partial charge in [-0.2, -0.15) is 0 Å². The van der Waals surface area contributed by atoms with Gasteiger partial charge in [-0.1, -0.05) is 309 Å². The molecule has 66 heavy (non-hydrogen) atoms. The number of aliphatic hydroxyl groups is 4. The largest absolute Gasteiger partial charge is 0.394 e. The van der Waals surface area contributed by atoms with Crippen LogP contribution >= 0.6 is 0 Å². The first kappa shape index (κ1) is 65.0. The van der Waals surface area contributed by atoms with Crippen LogP contribution in [0.1, 0.15) is 335 Å². The van der Waals surface area contributed by atoms with Gasteiger partial charge in [0.1, 0.15) is 12.2 Å². The van der Waals surface area contributed by atoms with E-state index in [1.165, 1.54) is 270 Å². The molecule has 4 unspecified atom stereocenters. The van der Waals surface area contributed by atoms with Crippen LogP contribution in [-0.2, 0) is 4.79 Å². The zero-order valence-electron chi connectivity index (χ0n) is 44.7. The van der Waals surface area contributed by atoms with Gasteiger partial charge in [-0.05, 0) is 38.5 Å². The predicted octanol–water partition coefficient (Wildman–Crippen LogP) is 17.6. The molecule has 0 rings (SSSR count). The summed E-state index contributed by atoms with van der Waals surface area (Å²) in [5.41, 5.74) is 0. The summed E-state index contributed by atoms with van der Waals surface area (Å²) in [4.78, 5) is 12.6. The van der Waals surface area contributed by atoms with Crippen molar-refractivity contribution < 1.29 is 25.2 Å². The van der Waals surface area contributed by atoms with Gasteiger partial charge < -0.3 is 25.7 Å². The highest BCUT2D eigenvalue weighted by Gasteiger charge is 2.28. The first-order chi connectivity index (χ1) is 32.5. The first-order valence-corrected chi connectivity index (χ1v) is 30.1. The Labute approximate surface area is 412 Å². The molecule has 0 aromatic rings. The van der Waals surface area contributed by atoms with Crippen molar-refractivity contribution in [2.75, 3.05) is 6.61 Å². The fourth-order valence-electron chi connectivity index (χ4n) is 9.76. The highest BCUT2D eigenvalue weighted by atomic mass is 16.3. The molecule has 4 atom stereocenters. The quantitative estimate of drug-likeness (QED) is 0.0308. The van der Waals surface area contributed by atoms with Gasteiger partial charge in [0.2, 0.25) is 5.91 Å². The van der Waals surface area contributed by atoms with Gasteiger partial charge in [0.25, 0.3) is 0 Å². The molecule has 0 saturated heterocycles. The number of allylic oxidation sites excluding steroid dienone is 2. The number of nitrogens with one attached hydrogen (secondary N) is 1. The third kappa shape index (κ3) is 48.1. The predicted molar refractivity (Wildman–Crippen MR) is 288 cm³/mol. The molecule has 0 radical (unpaired) electrons. The van der Waals surface area contributed by atoms with Crippen molar-refractivity contribution >= 4 is 5.91 Å². The highest BCUT2D eigenvalue weighted by molar-refractivity contribution is 5.80. The zero-order valence-corrected chi connectivity index (χ0v) is 44.7. The van der Waals surface area contributed by atoms with E-state index >= 15 is 0 Å². The standard InChI is InChI=1S/C60H119NO5/c1-3-5-7-9-11-13-15-17-19-21-23-24-25-26-27-28-29-30-31-32-33-34-35-36-38-40-42-44-46-48-50-52-54-58(64)60(66)61-56(55-62)59(65)57(63)53-51-49-47-45-43-41-39-37-22-20-18-16-14-12-10-8-6-4-2/h26-27,56-59,62-65H,3-25,28-55H2,1-2H3,(H,61,66)/b27-26-. The van der Waals surface area contributed by atoms with E-state index in [9.17, 15) is 25.2 Å². The second-order valence-electron chi connectivity index (χ2n) is 21.1. The second-order valence-corrected chi connectivity index (χ2v) is 21.1. The molecule has 0 aliphatic heterocycles. The van der Waals surface area contributed by atoms with Crippen molar-refractivity contribution in [2.24, 2.45) is 0 Å². The van der Waals surface area contributed by atoms with Crippen LogP contribution in [-0.4, -0.2) is 57.3 Å². The van der Waals surface area contributed by atoms with Crippen LogP contribution in [0.25, 0.3) is 0 Å². The third-order valence-electron chi connectivity index (χ3n) is 14.5. The summed E-state index contributed by atoms with van der Waals surface area (Å²) in [6.07, 6.45) is 65.8. The van der Waals surface area contributed by atoms with Crippen molar-refractivity contribution in [1.82, 2.24) is 5.32 Å². The number of hydrogen-bond donors (Lipinski definition) is 5. The Kier molecular flexibility index (Phi) is 54.2. The van der Waals surface area contributed by atoms with Crippen molar-refractivity contribution in [3.05, 3.63) is 12.2 Å². The van der Waals surface area contributed by atoms with Gasteiger partial charge in [0, 0.05) is 0 Å². The lowest BCUT2D eigenvalue weighted by molar-refractivity contribution is -0.132. The van der Waals surface area contributed by atoms with Crippen LogP contribution in [0.15, 0.2) is 12.2 Å². The molecule has 0 fully saturated rings. The summed E-state index contributed by atoms with van der Waals surface area (Å²) >= 11 is 0. The van der Waals surface area contributed by atoms with E-state index in [0.29, 0.717) is 12.8 Å².